The van der Waals surface area contributed by atoms with Crippen molar-refractivity contribution < 1.29 is 15.0 Å². The number of fused-ring (bicyclic) bond motifs is 5. The van der Waals surface area contributed by atoms with Crippen molar-refractivity contribution in [3.63, 3.8) is 0 Å². The molecule has 4 rings (SSSR count). The lowest BCUT2D eigenvalue weighted by Gasteiger charge is -2.53. The molecule has 4 heteroatoms. The van der Waals surface area contributed by atoms with Gasteiger partial charge in [-0.1, -0.05) is 13.0 Å². The minimum absolute atomic E-state index is 0.138. The second-order valence-electron chi connectivity index (χ2n) is 8.71. The van der Waals surface area contributed by atoms with Gasteiger partial charge in [0.1, 0.15) is 5.75 Å². The molecule has 25 heavy (non-hydrogen) atoms. The van der Waals surface area contributed by atoms with E-state index in [4.69, 9.17) is 0 Å². The number of hydrogen-bond donors (Lipinski definition) is 1. The molecule has 0 saturated heterocycles. The third-order valence-electron chi connectivity index (χ3n) is 7.40. The zero-order valence-corrected chi connectivity index (χ0v) is 14.6. The van der Waals surface area contributed by atoms with Crippen molar-refractivity contribution in [1.29, 1.82) is 5.26 Å². The van der Waals surface area contributed by atoms with Gasteiger partial charge < -0.3 is 15.0 Å². The van der Waals surface area contributed by atoms with Crippen molar-refractivity contribution in [1.82, 2.24) is 0 Å². The van der Waals surface area contributed by atoms with E-state index in [2.05, 4.69) is 13.0 Å². The average molecular weight is 338 g/mol. The molecule has 1 aromatic carbocycles. The number of carbonyl (C=O) groups is 1. The number of rotatable bonds is 2. The van der Waals surface area contributed by atoms with Crippen LogP contribution in [-0.4, -0.2) is 11.1 Å². The fourth-order valence-corrected chi connectivity index (χ4v) is 6.39. The number of nitrogens with zero attached hydrogens (tertiary/aromatic N) is 1. The van der Waals surface area contributed by atoms with E-state index >= 15 is 0 Å². The van der Waals surface area contributed by atoms with Crippen LogP contribution in [0.25, 0.3) is 0 Å². The van der Waals surface area contributed by atoms with Crippen molar-refractivity contribution in [2.24, 2.45) is 23.2 Å². The SMILES string of the molecule is C[C@]12CC[C@]3(C#N)c4ccc(O)cc4CC[C@H]3[C@@H]1C[C@@H](CC(=O)[O-])C2. The van der Waals surface area contributed by atoms with Crippen LogP contribution in [0.5, 0.6) is 5.75 Å². The summed E-state index contributed by atoms with van der Waals surface area (Å²) in [5.74, 6) is 0.159. The molecule has 0 heterocycles. The second-order valence-corrected chi connectivity index (χ2v) is 8.71. The Balaban J connectivity index is 1.73. The van der Waals surface area contributed by atoms with Crippen LogP contribution >= 0.6 is 0 Å². The fourth-order valence-electron chi connectivity index (χ4n) is 6.39. The van der Waals surface area contributed by atoms with Crippen LogP contribution in [-0.2, 0) is 16.6 Å². The van der Waals surface area contributed by atoms with Crippen molar-refractivity contribution in [3.05, 3.63) is 29.3 Å². The normalized spacial score (nSPS) is 39.0. The minimum atomic E-state index is -0.955. The lowest BCUT2D eigenvalue weighted by atomic mass is 9.49. The first-order valence-electron chi connectivity index (χ1n) is 9.31. The molecule has 0 aliphatic heterocycles. The average Bonchev–Trinajstić information content (AvgIpc) is 2.89. The van der Waals surface area contributed by atoms with Crippen LogP contribution in [0.15, 0.2) is 18.2 Å². The van der Waals surface area contributed by atoms with E-state index in [1.54, 1.807) is 6.07 Å². The smallest absolute Gasteiger partial charge is 0.115 e. The summed E-state index contributed by atoms with van der Waals surface area (Å²) in [5, 5.41) is 31.1. The van der Waals surface area contributed by atoms with E-state index < -0.39 is 11.4 Å². The highest BCUT2D eigenvalue weighted by atomic mass is 16.4. The summed E-state index contributed by atoms with van der Waals surface area (Å²) in [6.07, 6.45) is 5.60. The summed E-state index contributed by atoms with van der Waals surface area (Å²) in [6.45, 7) is 2.29. The van der Waals surface area contributed by atoms with E-state index in [0.29, 0.717) is 5.92 Å². The van der Waals surface area contributed by atoms with Gasteiger partial charge >= 0.3 is 0 Å². The van der Waals surface area contributed by atoms with Gasteiger partial charge in [0, 0.05) is 5.97 Å². The van der Waals surface area contributed by atoms with Gasteiger partial charge in [-0.25, -0.2) is 0 Å². The number of carboxylic acid groups (broad SMARTS) is 1. The van der Waals surface area contributed by atoms with E-state index in [1.807, 2.05) is 12.1 Å². The fraction of sp³-hybridized carbons (Fsp3) is 0.619. The number of phenolic OH excluding ortho intramolecular Hbond substituents is 1. The number of aromatic hydroxyl groups is 1. The van der Waals surface area contributed by atoms with Crippen molar-refractivity contribution >= 4 is 5.97 Å². The molecule has 2 fully saturated rings. The highest BCUT2D eigenvalue weighted by Gasteiger charge is 2.59. The highest BCUT2D eigenvalue weighted by Crippen LogP contribution is 2.64. The Morgan fingerprint density at radius 2 is 2.20 bits per heavy atom. The molecule has 0 bridgehead atoms. The molecule has 0 aromatic heterocycles. The molecule has 4 nitrogen and oxygen atoms in total. The van der Waals surface area contributed by atoms with Crippen LogP contribution < -0.4 is 5.11 Å². The number of aryl methyl sites for hydroxylation is 1. The first-order valence-corrected chi connectivity index (χ1v) is 9.31. The molecule has 3 aliphatic carbocycles. The van der Waals surface area contributed by atoms with Crippen LogP contribution in [0.1, 0.15) is 56.6 Å². The third kappa shape index (κ3) is 2.36. The molecule has 132 valence electrons. The van der Waals surface area contributed by atoms with Gasteiger partial charge in [-0.15, -0.1) is 0 Å². The van der Waals surface area contributed by atoms with Crippen LogP contribution in [0.4, 0.5) is 0 Å². The number of phenols is 1. The molecular weight excluding hydrogens is 314 g/mol. The maximum absolute atomic E-state index is 11.1. The van der Waals surface area contributed by atoms with Crippen LogP contribution in [0, 0.1) is 34.5 Å². The predicted octanol–water partition coefficient (Wildman–Crippen LogP) is 2.68. The Kier molecular flexibility index (Phi) is 3.61. The maximum Gasteiger partial charge on any atom is 0.115 e. The summed E-state index contributed by atoms with van der Waals surface area (Å²) in [4.78, 5) is 11.1. The zero-order valence-electron chi connectivity index (χ0n) is 14.6. The van der Waals surface area contributed by atoms with Crippen molar-refractivity contribution in [2.75, 3.05) is 0 Å². The number of aliphatic carboxylic acids is 1. The van der Waals surface area contributed by atoms with Gasteiger partial charge in [0.15, 0.2) is 0 Å². The van der Waals surface area contributed by atoms with E-state index in [-0.39, 0.29) is 29.4 Å². The van der Waals surface area contributed by atoms with Gasteiger partial charge in [0.2, 0.25) is 0 Å². The summed E-state index contributed by atoms with van der Waals surface area (Å²) < 4.78 is 0. The standard InChI is InChI=1S/C21H25NO3/c1-20-6-7-21(12-22)16-5-3-15(23)10-14(16)2-4-17(21)18(20)8-13(11-20)9-19(24)25/h3,5,10,13,17-18,23H,2,4,6-9,11H2,1H3,(H,24,25)/p-1/t13-,17-,18-,20+,21-/m0/s1. The van der Waals surface area contributed by atoms with Gasteiger partial charge in [-0.2, -0.15) is 5.26 Å². The lowest BCUT2D eigenvalue weighted by Crippen LogP contribution is -2.50. The summed E-state index contributed by atoms with van der Waals surface area (Å²) in [5.41, 5.74) is 1.85. The van der Waals surface area contributed by atoms with Crippen LogP contribution in [0.2, 0.25) is 0 Å². The third-order valence-corrected chi connectivity index (χ3v) is 7.40. The van der Waals surface area contributed by atoms with Gasteiger partial charge in [0.25, 0.3) is 0 Å². The largest absolute Gasteiger partial charge is 0.550 e. The summed E-state index contributed by atoms with van der Waals surface area (Å²) >= 11 is 0. The summed E-state index contributed by atoms with van der Waals surface area (Å²) in [6, 6.07) is 8.12. The van der Waals surface area contributed by atoms with Crippen molar-refractivity contribution in [2.45, 2.75) is 57.3 Å². The summed E-state index contributed by atoms with van der Waals surface area (Å²) in [7, 11) is 0. The monoisotopic (exact) mass is 338 g/mol. The van der Waals surface area contributed by atoms with E-state index in [0.717, 1.165) is 49.7 Å². The molecule has 0 spiro atoms. The maximum atomic E-state index is 11.1. The van der Waals surface area contributed by atoms with Gasteiger partial charge in [-0.05, 0) is 91.4 Å². The first kappa shape index (κ1) is 16.4. The molecule has 3 aliphatic rings. The number of carboxylic acids is 1. The highest BCUT2D eigenvalue weighted by molar-refractivity contribution is 5.64. The quantitative estimate of drug-likeness (QED) is 0.898. The number of nitriles is 1. The zero-order chi connectivity index (χ0) is 17.8. The van der Waals surface area contributed by atoms with Gasteiger partial charge in [-0.3, -0.25) is 0 Å². The number of carbonyl (C=O) groups excluding carboxylic acids is 1. The molecule has 1 N–H and O–H groups in total. The molecule has 0 amide bonds. The van der Waals surface area contributed by atoms with E-state index in [1.165, 1.54) is 0 Å². The minimum Gasteiger partial charge on any atom is -0.550 e. The molecule has 0 radical (unpaired) electrons. The number of benzene rings is 1. The molecule has 0 unspecified atom stereocenters. The Morgan fingerprint density at radius 1 is 1.40 bits per heavy atom. The first-order chi connectivity index (χ1) is 11.9. The Morgan fingerprint density at radius 3 is 2.92 bits per heavy atom. The number of hydrogen-bond acceptors (Lipinski definition) is 4. The Bertz CT molecular complexity index is 767. The van der Waals surface area contributed by atoms with Gasteiger partial charge in [0.05, 0.1) is 11.5 Å². The Hall–Kier alpha value is -2.02. The topological polar surface area (TPSA) is 84.1 Å². The molecule has 1 aromatic rings. The van der Waals surface area contributed by atoms with E-state index in [9.17, 15) is 20.3 Å². The lowest BCUT2D eigenvalue weighted by molar-refractivity contribution is -0.306. The van der Waals surface area contributed by atoms with Crippen LogP contribution in [0.3, 0.4) is 0 Å². The predicted molar refractivity (Wildman–Crippen MR) is 90.4 cm³/mol. The Labute approximate surface area is 148 Å². The molecular formula is C21H24NO3-. The van der Waals surface area contributed by atoms with Crippen molar-refractivity contribution in [3.8, 4) is 11.8 Å². The molecule has 2 saturated carbocycles. The second kappa shape index (κ2) is 5.49. The molecule has 5 atom stereocenters.